The SMILES string of the molecule is CC(C)(CC(O)(Cc1cc2cnccc2s1)C(F)(F)F)c1cc(Cl)cc2c1OCC2. The van der Waals surface area contributed by atoms with E-state index in [9.17, 15) is 18.3 Å². The van der Waals surface area contributed by atoms with Crippen LogP contribution in [0.5, 0.6) is 5.75 Å². The molecular formula is C22H21ClF3NO2S. The van der Waals surface area contributed by atoms with Crippen LogP contribution in [0.1, 0.15) is 36.3 Å². The van der Waals surface area contributed by atoms with Crippen LogP contribution in [-0.4, -0.2) is 28.5 Å². The molecule has 8 heteroatoms. The van der Waals surface area contributed by atoms with Crippen LogP contribution in [0.15, 0.2) is 36.7 Å². The quantitative estimate of drug-likeness (QED) is 0.506. The molecule has 3 aromatic rings. The van der Waals surface area contributed by atoms with E-state index >= 15 is 0 Å². The number of fused-ring (bicyclic) bond motifs is 2. The van der Waals surface area contributed by atoms with Crippen molar-refractivity contribution < 1.29 is 23.0 Å². The first-order chi connectivity index (χ1) is 14.0. The molecule has 0 amide bonds. The highest BCUT2D eigenvalue weighted by molar-refractivity contribution is 7.19. The lowest BCUT2D eigenvalue weighted by Crippen LogP contribution is -2.50. The summed E-state index contributed by atoms with van der Waals surface area (Å²) in [6.45, 7) is 3.84. The van der Waals surface area contributed by atoms with E-state index in [1.165, 1.54) is 11.3 Å². The Morgan fingerprint density at radius 1 is 1.23 bits per heavy atom. The zero-order valence-corrected chi connectivity index (χ0v) is 18.1. The van der Waals surface area contributed by atoms with Crippen molar-refractivity contribution in [2.45, 2.75) is 50.3 Å². The molecule has 0 aliphatic carbocycles. The lowest BCUT2D eigenvalue weighted by Gasteiger charge is -2.38. The van der Waals surface area contributed by atoms with E-state index in [1.807, 2.05) is 0 Å². The number of alkyl halides is 3. The van der Waals surface area contributed by atoms with E-state index in [0.717, 1.165) is 15.6 Å². The number of thiophene rings is 1. The number of halogens is 4. The molecule has 4 rings (SSSR count). The molecule has 1 N–H and O–H groups in total. The average molecular weight is 456 g/mol. The van der Waals surface area contributed by atoms with Crippen molar-refractivity contribution in [3.05, 3.63) is 57.7 Å². The van der Waals surface area contributed by atoms with Crippen molar-refractivity contribution in [1.82, 2.24) is 4.98 Å². The normalized spacial score (nSPS) is 16.4. The maximum absolute atomic E-state index is 14.1. The van der Waals surface area contributed by atoms with Crippen molar-refractivity contribution >= 4 is 33.0 Å². The molecule has 3 nitrogen and oxygen atoms in total. The summed E-state index contributed by atoms with van der Waals surface area (Å²) in [5.41, 5.74) is -2.45. The first-order valence-electron chi connectivity index (χ1n) is 9.56. The van der Waals surface area contributed by atoms with Crippen LogP contribution in [0.3, 0.4) is 0 Å². The van der Waals surface area contributed by atoms with Gasteiger partial charge in [0.25, 0.3) is 0 Å². The Morgan fingerprint density at radius 3 is 2.70 bits per heavy atom. The van der Waals surface area contributed by atoms with Gasteiger partial charge in [-0.3, -0.25) is 4.98 Å². The molecule has 0 spiro atoms. The fraction of sp³-hybridized carbons (Fsp3) is 0.409. The van der Waals surface area contributed by atoms with Crippen LogP contribution in [0.25, 0.3) is 10.1 Å². The van der Waals surface area contributed by atoms with Gasteiger partial charge in [-0.25, -0.2) is 0 Å². The number of benzene rings is 1. The van der Waals surface area contributed by atoms with E-state index in [4.69, 9.17) is 16.3 Å². The molecule has 0 fully saturated rings. The number of nitrogens with zero attached hydrogens (tertiary/aromatic N) is 1. The van der Waals surface area contributed by atoms with Crippen molar-refractivity contribution in [2.75, 3.05) is 6.61 Å². The molecule has 160 valence electrons. The molecule has 3 heterocycles. The van der Waals surface area contributed by atoms with Crippen LogP contribution in [0.4, 0.5) is 13.2 Å². The van der Waals surface area contributed by atoms with Crippen LogP contribution in [0, 0.1) is 0 Å². The molecule has 0 bridgehead atoms. The predicted molar refractivity (Wildman–Crippen MR) is 113 cm³/mol. The average Bonchev–Trinajstić information content (AvgIpc) is 3.24. The van der Waals surface area contributed by atoms with Crippen LogP contribution < -0.4 is 4.74 Å². The van der Waals surface area contributed by atoms with Gasteiger partial charge in [-0.05, 0) is 41.7 Å². The molecule has 1 aliphatic heterocycles. The molecule has 0 radical (unpaired) electrons. The Morgan fingerprint density at radius 2 is 2.00 bits per heavy atom. The number of aliphatic hydroxyl groups is 1. The number of pyridine rings is 1. The summed E-state index contributed by atoms with van der Waals surface area (Å²) in [6, 6.07) is 6.85. The lowest BCUT2D eigenvalue weighted by atomic mass is 9.73. The minimum Gasteiger partial charge on any atom is -0.493 e. The zero-order chi connectivity index (χ0) is 21.7. The van der Waals surface area contributed by atoms with Gasteiger partial charge in [0.2, 0.25) is 0 Å². The van der Waals surface area contributed by atoms with Crippen molar-refractivity contribution in [3.63, 3.8) is 0 Å². The van der Waals surface area contributed by atoms with E-state index in [0.29, 0.717) is 34.2 Å². The van der Waals surface area contributed by atoms with Crippen molar-refractivity contribution in [1.29, 1.82) is 0 Å². The molecule has 1 aliphatic rings. The van der Waals surface area contributed by atoms with Gasteiger partial charge in [-0.15, -0.1) is 11.3 Å². The van der Waals surface area contributed by atoms with Gasteiger partial charge in [0.15, 0.2) is 5.60 Å². The van der Waals surface area contributed by atoms with Crippen LogP contribution in [0.2, 0.25) is 5.02 Å². The van der Waals surface area contributed by atoms with Gasteiger partial charge in [-0.1, -0.05) is 25.4 Å². The number of aromatic nitrogens is 1. The Labute approximate surface area is 181 Å². The summed E-state index contributed by atoms with van der Waals surface area (Å²) in [5, 5.41) is 12.2. The number of hydrogen-bond acceptors (Lipinski definition) is 4. The number of hydrogen-bond donors (Lipinski definition) is 1. The molecule has 1 unspecified atom stereocenters. The summed E-state index contributed by atoms with van der Waals surface area (Å²) >= 11 is 7.46. The van der Waals surface area contributed by atoms with E-state index < -0.39 is 30.0 Å². The fourth-order valence-corrected chi connectivity index (χ4v) is 5.55. The minimum atomic E-state index is -4.80. The second-order valence-corrected chi connectivity index (χ2v) is 10.0. The molecular weight excluding hydrogens is 435 g/mol. The smallest absolute Gasteiger partial charge is 0.417 e. The van der Waals surface area contributed by atoms with Gasteiger partial charge in [0.1, 0.15) is 5.75 Å². The largest absolute Gasteiger partial charge is 0.493 e. The highest BCUT2D eigenvalue weighted by Crippen LogP contribution is 2.48. The lowest BCUT2D eigenvalue weighted by molar-refractivity contribution is -0.266. The second kappa shape index (κ2) is 7.39. The van der Waals surface area contributed by atoms with Gasteiger partial charge in [0.05, 0.1) is 6.61 Å². The van der Waals surface area contributed by atoms with E-state index in [1.54, 1.807) is 50.5 Å². The Bertz CT molecular complexity index is 1060. The maximum atomic E-state index is 14.1. The third-order valence-electron chi connectivity index (χ3n) is 5.57. The number of ether oxygens (including phenoxy) is 1. The molecule has 30 heavy (non-hydrogen) atoms. The molecule has 1 aromatic carbocycles. The van der Waals surface area contributed by atoms with Crippen LogP contribution >= 0.6 is 22.9 Å². The highest BCUT2D eigenvalue weighted by Gasteiger charge is 2.56. The summed E-state index contributed by atoms with van der Waals surface area (Å²) in [4.78, 5) is 4.47. The number of rotatable bonds is 5. The van der Waals surface area contributed by atoms with Crippen LogP contribution in [-0.2, 0) is 18.3 Å². The van der Waals surface area contributed by atoms with Gasteiger partial charge in [0, 0.05) is 50.8 Å². The van der Waals surface area contributed by atoms with Gasteiger partial charge in [-0.2, -0.15) is 13.2 Å². The monoisotopic (exact) mass is 455 g/mol. The van der Waals surface area contributed by atoms with E-state index in [2.05, 4.69) is 4.98 Å². The Balaban J connectivity index is 1.71. The topological polar surface area (TPSA) is 42.4 Å². The van der Waals surface area contributed by atoms with Gasteiger partial charge < -0.3 is 9.84 Å². The second-order valence-electron chi connectivity index (χ2n) is 8.43. The third kappa shape index (κ3) is 3.90. The van der Waals surface area contributed by atoms with Crippen molar-refractivity contribution in [2.24, 2.45) is 0 Å². The molecule has 2 aromatic heterocycles. The van der Waals surface area contributed by atoms with Crippen molar-refractivity contribution in [3.8, 4) is 5.75 Å². The molecule has 0 saturated carbocycles. The fourth-order valence-electron chi connectivity index (χ4n) is 4.18. The maximum Gasteiger partial charge on any atom is 0.417 e. The standard InChI is InChI=1S/C22H21ClF3NO2S/c1-20(2,17-9-15(23)7-13-4-6-29-19(13)17)12-21(28,22(24,25)26)10-16-8-14-11-27-5-3-18(14)30-16/h3,5,7-9,11,28H,4,6,10,12H2,1-2H3. The highest BCUT2D eigenvalue weighted by atomic mass is 35.5. The summed E-state index contributed by atoms with van der Waals surface area (Å²) in [6.07, 6.45) is -1.98. The Kier molecular flexibility index (Phi) is 5.27. The van der Waals surface area contributed by atoms with E-state index in [-0.39, 0.29) is 0 Å². The predicted octanol–water partition coefficient (Wildman–Crippen LogP) is 6.09. The van der Waals surface area contributed by atoms with Gasteiger partial charge >= 0.3 is 6.18 Å². The Hall–Kier alpha value is -1.83. The first kappa shape index (κ1) is 21.4. The molecule has 0 saturated heterocycles. The summed E-state index contributed by atoms with van der Waals surface area (Å²) in [7, 11) is 0. The molecule has 1 atom stereocenters. The summed E-state index contributed by atoms with van der Waals surface area (Å²) < 4.78 is 48.9. The summed E-state index contributed by atoms with van der Waals surface area (Å²) in [5.74, 6) is 0.585. The zero-order valence-electron chi connectivity index (χ0n) is 16.5. The minimum absolute atomic E-state index is 0.454. The third-order valence-corrected chi connectivity index (χ3v) is 6.91. The first-order valence-corrected chi connectivity index (χ1v) is 10.8.